The number of hydrogen-bond acceptors (Lipinski definition) is 5. The summed E-state index contributed by atoms with van der Waals surface area (Å²) in [6.45, 7) is 1.34. The Kier molecular flexibility index (Phi) is 4.79. The summed E-state index contributed by atoms with van der Waals surface area (Å²) in [6, 6.07) is 1.40. The standard InChI is InChI=1S/C12H18N2O4S2/c1-14-5-3-2-4-10(14)7-13-20(17,18)11-6-9(8-19-11)12(15)16/h6,8,10,13H,2-5,7H2,1H3,(H,15,16). The molecule has 2 N–H and O–H groups in total. The highest BCUT2D eigenvalue weighted by atomic mass is 32.2. The monoisotopic (exact) mass is 318 g/mol. The first-order valence-electron chi connectivity index (χ1n) is 6.42. The number of thiophene rings is 1. The average Bonchev–Trinajstić information content (AvgIpc) is 2.88. The minimum atomic E-state index is -3.62. The van der Waals surface area contributed by atoms with Crippen LogP contribution in [0.4, 0.5) is 0 Å². The maximum Gasteiger partial charge on any atom is 0.336 e. The number of rotatable bonds is 5. The van der Waals surface area contributed by atoms with Crippen LogP contribution < -0.4 is 4.72 Å². The van der Waals surface area contributed by atoms with Crippen molar-refractivity contribution in [3.8, 4) is 0 Å². The highest BCUT2D eigenvalue weighted by Gasteiger charge is 2.23. The van der Waals surface area contributed by atoms with Crippen molar-refractivity contribution in [1.29, 1.82) is 0 Å². The lowest BCUT2D eigenvalue weighted by Gasteiger charge is -2.32. The van der Waals surface area contributed by atoms with Gasteiger partial charge in [0.25, 0.3) is 0 Å². The molecule has 1 aromatic rings. The molecule has 20 heavy (non-hydrogen) atoms. The van der Waals surface area contributed by atoms with Gasteiger partial charge in [-0.25, -0.2) is 17.9 Å². The van der Waals surface area contributed by atoms with Gasteiger partial charge >= 0.3 is 5.97 Å². The molecule has 2 rings (SSSR count). The molecule has 8 heteroatoms. The molecule has 6 nitrogen and oxygen atoms in total. The van der Waals surface area contributed by atoms with Gasteiger partial charge in [-0.1, -0.05) is 6.42 Å². The summed E-state index contributed by atoms with van der Waals surface area (Å²) in [6.07, 6.45) is 3.23. The first-order valence-corrected chi connectivity index (χ1v) is 8.78. The molecule has 0 saturated carbocycles. The fourth-order valence-corrected chi connectivity index (χ4v) is 4.52. The molecule has 1 fully saturated rings. The van der Waals surface area contributed by atoms with E-state index in [1.165, 1.54) is 11.4 Å². The quantitative estimate of drug-likeness (QED) is 0.852. The highest BCUT2D eigenvalue weighted by molar-refractivity contribution is 7.91. The lowest BCUT2D eigenvalue weighted by molar-refractivity contribution is 0.0697. The largest absolute Gasteiger partial charge is 0.478 e. The van der Waals surface area contributed by atoms with E-state index in [9.17, 15) is 13.2 Å². The second-order valence-electron chi connectivity index (χ2n) is 4.94. The van der Waals surface area contributed by atoms with E-state index >= 15 is 0 Å². The molecule has 1 atom stereocenters. The van der Waals surface area contributed by atoms with Crippen LogP contribution in [0.25, 0.3) is 0 Å². The van der Waals surface area contributed by atoms with E-state index in [-0.39, 0.29) is 15.8 Å². The van der Waals surface area contributed by atoms with Gasteiger partial charge in [-0.05, 0) is 32.5 Å². The number of carboxylic acids is 1. The van der Waals surface area contributed by atoms with Crippen molar-refractivity contribution in [1.82, 2.24) is 9.62 Å². The zero-order valence-electron chi connectivity index (χ0n) is 11.2. The van der Waals surface area contributed by atoms with Crippen molar-refractivity contribution in [2.45, 2.75) is 29.5 Å². The van der Waals surface area contributed by atoms with E-state index in [0.717, 1.165) is 37.1 Å². The van der Waals surface area contributed by atoms with Crippen molar-refractivity contribution >= 4 is 27.3 Å². The number of carboxylic acid groups (broad SMARTS) is 1. The molecular weight excluding hydrogens is 300 g/mol. The zero-order valence-corrected chi connectivity index (χ0v) is 12.8. The average molecular weight is 318 g/mol. The van der Waals surface area contributed by atoms with Crippen molar-refractivity contribution in [3.63, 3.8) is 0 Å². The topological polar surface area (TPSA) is 86.7 Å². The van der Waals surface area contributed by atoms with Gasteiger partial charge in [0.15, 0.2) is 0 Å². The Morgan fingerprint density at radius 1 is 1.55 bits per heavy atom. The predicted molar refractivity (Wildman–Crippen MR) is 76.7 cm³/mol. The van der Waals surface area contributed by atoms with Crippen molar-refractivity contribution in [2.75, 3.05) is 20.1 Å². The number of carbonyl (C=O) groups is 1. The third-order valence-corrected chi connectivity index (χ3v) is 6.38. The van der Waals surface area contributed by atoms with Crippen LogP contribution in [0.2, 0.25) is 0 Å². The Morgan fingerprint density at radius 2 is 2.30 bits per heavy atom. The number of sulfonamides is 1. The van der Waals surface area contributed by atoms with Gasteiger partial charge in [0, 0.05) is 18.0 Å². The second kappa shape index (κ2) is 6.21. The summed E-state index contributed by atoms with van der Waals surface area (Å²) in [5, 5.41) is 10.2. The van der Waals surface area contributed by atoms with E-state index in [0.29, 0.717) is 6.54 Å². The minimum Gasteiger partial charge on any atom is -0.478 e. The molecule has 0 aromatic carbocycles. The normalized spacial score (nSPS) is 20.9. The van der Waals surface area contributed by atoms with E-state index in [1.807, 2.05) is 7.05 Å². The lowest BCUT2D eigenvalue weighted by atomic mass is 10.0. The Hall–Kier alpha value is -0.960. The molecule has 0 amide bonds. The van der Waals surface area contributed by atoms with Crippen LogP contribution in [0.5, 0.6) is 0 Å². The Labute approximate surface area is 122 Å². The number of piperidine rings is 1. The summed E-state index contributed by atoms with van der Waals surface area (Å²) < 4.78 is 26.8. The molecule has 1 unspecified atom stereocenters. The predicted octanol–water partition coefficient (Wildman–Crippen LogP) is 1.21. The molecule has 1 saturated heterocycles. The Balaban J connectivity index is 2.01. The number of likely N-dealkylation sites (N-methyl/N-ethyl adjacent to an activating group) is 1. The van der Waals surface area contributed by atoms with Crippen LogP contribution in [0, 0.1) is 0 Å². The fraction of sp³-hybridized carbons (Fsp3) is 0.583. The summed E-state index contributed by atoms with van der Waals surface area (Å²) >= 11 is 0.927. The van der Waals surface area contributed by atoms with E-state index < -0.39 is 16.0 Å². The molecule has 0 radical (unpaired) electrons. The first-order chi connectivity index (χ1) is 9.40. The third kappa shape index (κ3) is 3.57. The van der Waals surface area contributed by atoms with Gasteiger partial charge in [0.05, 0.1) is 5.56 Å². The van der Waals surface area contributed by atoms with Crippen LogP contribution in [-0.2, 0) is 10.0 Å². The summed E-state index contributed by atoms with van der Waals surface area (Å²) in [4.78, 5) is 12.9. The lowest BCUT2D eigenvalue weighted by Crippen LogP contribution is -2.44. The molecule has 112 valence electrons. The highest BCUT2D eigenvalue weighted by Crippen LogP contribution is 2.21. The second-order valence-corrected chi connectivity index (χ2v) is 7.85. The Bertz CT molecular complexity index is 582. The maximum absolute atomic E-state index is 12.1. The van der Waals surface area contributed by atoms with Crippen LogP contribution in [0.1, 0.15) is 29.6 Å². The number of likely N-dealkylation sites (tertiary alicyclic amines) is 1. The van der Waals surface area contributed by atoms with E-state index in [1.54, 1.807) is 0 Å². The first kappa shape index (κ1) is 15.4. The van der Waals surface area contributed by atoms with Crippen molar-refractivity contribution in [2.24, 2.45) is 0 Å². The fourth-order valence-electron chi connectivity index (χ4n) is 2.25. The molecule has 1 aliphatic rings. The van der Waals surface area contributed by atoms with Gasteiger partial charge in [0.2, 0.25) is 10.0 Å². The minimum absolute atomic E-state index is 0.00478. The van der Waals surface area contributed by atoms with E-state index in [2.05, 4.69) is 9.62 Å². The molecule has 2 heterocycles. The van der Waals surface area contributed by atoms with Gasteiger partial charge in [-0.2, -0.15) is 0 Å². The van der Waals surface area contributed by atoms with E-state index in [4.69, 9.17) is 5.11 Å². The SMILES string of the molecule is CN1CCCCC1CNS(=O)(=O)c1cc(C(=O)O)cs1. The van der Waals surface area contributed by atoms with Crippen LogP contribution in [-0.4, -0.2) is 50.6 Å². The Morgan fingerprint density at radius 3 is 2.90 bits per heavy atom. The number of nitrogens with one attached hydrogen (secondary N) is 1. The molecule has 0 aliphatic carbocycles. The number of hydrogen-bond donors (Lipinski definition) is 2. The van der Waals surface area contributed by atoms with Crippen molar-refractivity contribution in [3.05, 3.63) is 17.0 Å². The molecule has 0 bridgehead atoms. The summed E-state index contributed by atoms with van der Waals surface area (Å²) in [5.74, 6) is -1.12. The zero-order chi connectivity index (χ0) is 14.8. The van der Waals surface area contributed by atoms with Crippen LogP contribution in [0.3, 0.4) is 0 Å². The maximum atomic E-state index is 12.1. The van der Waals surface area contributed by atoms with Crippen LogP contribution >= 0.6 is 11.3 Å². The summed E-state index contributed by atoms with van der Waals surface area (Å²) in [7, 11) is -1.63. The van der Waals surface area contributed by atoms with Gasteiger partial charge in [-0.15, -0.1) is 11.3 Å². The third-order valence-electron chi connectivity index (χ3n) is 3.52. The summed E-state index contributed by atoms with van der Waals surface area (Å²) in [5.41, 5.74) is 0.00478. The smallest absolute Gasteiger partial charge is 0.336 e. The molecular formula is C12H18N2O4S2. The van der Waals surface area contributed by atoms with Gasteiger partial charge in [0.1, 0.15) is 4.21 Å². The van der Waals surface area contributed by atoms with Gasteiger partial charge in [-0.3, -0.25) is 0 Å². The number of nitrogens with zero attached hydrogens (tertiary/aromatic N) is 1. The van der Waals surface area contributed by atoms with Gasteiger partial charge < -0.3 is 10.0 Å². The van der Waals surface area contributed by atoms with Crippen molar-refractivity contribution < 1.29 is 18.3 Å². The molecule has 1 aromatic heterocycles. The molecule has 0 spiro atoms. The van der Waals surface area contributed by atoms with Crippen LogP contribution in [0.15, 0.2) is 15.7 Å². The number of aromatic carboxylic acids is 1. The molecule has 1 aliphatic heterocycles.